The average Bonchev–Trinajstić information content (AvgIpc) is 2.49. The van der Waals surface area contributed by atoms with E-state index < -0.39 is 0 Å². The number of thioether (sulfide) groups is 1. The molecule has 0 spiro atoms. The van der Waals surface area contributed by atoms with Gasteiger partial charge in [-0.1, -0.05) is 11.6 Å². The predicted molar refractivity (Wildman–Crippen MR) is 58.4 cm³/mol. The van der Waals surface area contributed by atoms with E-state index in [1.54, 1.807) is 18.0 Å². The standard InChI is InChI=1S/C10H9ClOS/c1-13-6-7-5-12-10-3-2-8(11)4-9(7)10/h2-5H,6H2,1H3. The van der Waals surface area contributed by atoms with Gasteiger partial charge in [0.25, 0.3) is 0 Å². The zero-order valence-electron chi connectivity index (χ0n) is 7.21. The summed E-state index contributed by atoms with van der Waals surface area (Å²) in [5.74, 6) is 0.966. The molecule has 68 valence electrons. The van der Waals surface area contributed by atoms with Crippen molar-refractivity contribution in [2.24, 2.45) is 0 Å². The molecular formula is C10H9ClOS. The summed E-state index contributed by atoms with van der Waals surface area (Å²) in [6.45, 7) is 0. The SMILES string of the molecule is CSCc1coc2ccc(Cl)cc12. The molecule has 0 saturated heterocycles. The summed E-state index contributed by atoms with van der Waals surface area (Å²) in [6, 6.07) is 5.70. The molecule has 0 unspecified atom stereocenters. The van der Waals surface area contributed by atoms with Crippen LogP contribution in [0.15, 0.2) is 28.9 Å². The topological polar surface area (TPSA) is 13.1 Å². The van der Waals surface area contributed by atoms with Crippen LogP contribution in [0.3, 0.4) is 0 Å². The van der Waals surface area contributed by atoms with Crippen LogP contribution in [0.1, 0.15) is 5.56 Å². The average molecular weight is 213 g/mol. The second-order valence-corrected chi connectivity index (χ2v) is 4.14. The highest BCUT2D eigenvalue weighted by Gasteiger charge is 2.04. The van der Waals surface area contributed by atoms with Crippen LogP contribution in [-0.2, 0) is 5.75 Å². The number of furan rings is 1. The molecule has 0 aliphatic rings. The summed E-state index contributed by atoms with van der Waals surface area (Å²) >= 11 is 7.68. The Balaban J connectivity index is 2.58. The zero-order valence-corrected chi connectivity index (χ0v) is 8.78. The van der Waals surface area contributed by atoms with Crippen LogP contribution in [0.2, 0.25) is 5.02 Å². The molecule has 0 N–H and O–H groups in total. The second kappa shape index (κ2) is 3.64. The molecule has 2 aromatic rings. The summed E-state index contributed by atoms with van der Waals surface area (Å²) in [6.07, 6.45) is 3.88. The van der Waals surface area contributed by atoms with Gasteiger partial charge in [0.2, 0.25) is 0 Å². The van der Waals surface area contributed by atoms with Crippen molar-refractivity contribution in [2.75, 3.05) is 6.26 Å². The fraction of sp³-hybridized carbons (Fsp3) is 0.200. The van der Waals surface area contributed by atoms with Gasteiger partial charge in [-0.05, 0) is 24.5 Å². The third kappa shape index (κ3) is 1.69. The first kappa shape index (κ1) is 8.97. The molecule has 0 bridgehead atoms. The van der Waals surface area contributed by atoms with E-state index in [-0.39, 0.29) is 0 Å². The number of halogens is 1. The minimum absolute atomic E-state index is 0.760. The molecule has 1 heterocycles. The van der Waals surface area contributed by atoms with Crippen LogP contribution < -0.4 is 0 Å². The molecule has 0 fully saturated rings. The van der Waals surface area contributed by atoms with Gasteiger partial charge in [0.05, 0.1) is 6.26 Å². The molecule has 1 nitrogen and oxygen atoms in total. The Morgan fingerprint density at radius 1 is 1.46 bits per heavy atom. The third-order valence-electron chi connectivity index (χ3n) is 1.92. The Kier molecular flexibility index (Phi) is 2.51. The van der Waals surface area contributed by atoms with E-state index in [2.05, 4.69) is 6.26 Å². The molecule has 3 heteroatoms. The molecule has 1 aromatic carbocycles. The highest BCUT2D eigenvalue weighted by Crippen LogP contribution is 2.26. The van der Waals surface area contributed by atoms with Crippen LogP contribution in [0, 0.1) is 0 Å². The summed E-state index contributed by atoms with van der Waals surface area (Å²) in [5.41, 5.74) is 2.12. The lowest BCUT2D eigenvalue weighted by atomic mass is 10.2. The van der Waals surface area contributed by atoms with Gasteiger partial charge in [-0.2, -0.15) is 11.8 Å². The molecule has 0 aliphatic carbocycles. The lowest BCUT2D eigenvalue weighted by Gasteiger charge is -1.94. The number of benzene rings is 1. The number of hydrogen-bond donors (Lipinski definition) is 0. The Bertz CT molecular complexity index is 422. The van der Waals surface area contributed by atoms with Gasteiger partial charge in [0, 0.05) is 21.7 Å². The van der Waals surface area contributed by atoms with Gasteiger partial charge >= 0.3 is 0 Å². The van der Waals surface area contributed by atoms with Gasteiger partial charge in [0.1, 0.15) is 5.58 Å². The Morgan fingerprint density at radius 2 is 2.31 bits per heavy atom. The first-order valence-corrected chi connectivity index (χ1v) is 5.73. The molecule has 0 saturated carbocycles. The van der Waals surface area contributed by atoms with Crippen molar-refractivity contribution in [3.05, 3.63) is 35.0 Å². The minimum Gasteiger partial charge on any atom is -0.464 e. The molecule has 0 atom stereocenters. The predicted octanol–water partition coefficient (Wildman–Crippen LogP) is 3.95. The van der Waals surface area contributed by atoms with E-state index >= 15 is 0 Å². The van der Waals surface area contributed by atoms with Crippen molar-refractivity contribution in [3.63, 3.8) is 0 Å². The van der Waals surface area contributed by atoms with E-state index in [0.717, 1.165) is 21.7 Å². The van der Waals surface area contributed by atoms with Crippen LogP contribution >= 0.6 is 23.4 Å². The largest absolute Gasteiger partial charge is 0.464 e. The maximum Gasteiger partial charge on any atom is 0.134 e. The second-order valence-electron chi connectivity index (χ2n) is 2.83. The van der Waals surface area contributed by atoms with E-state index in [9.17, 15) is 0 Å². The number of hydrogen-bond acceptors (Lipinski definition) is 2. The Hall–Kier alpha value is -0.600. The van der Waals surface area contributed by atoms with Gasteiger partial charge < -0.3 is 4.42 Å². The van der Waals surface area contributed by atoms with Crippen molar-refractivity contribution in [3.8, 4) is 0 Å². The maximum absolute atomic E-state index is 5.90. The summed E-state index contributed by atoms with van der Waals surface area (Å²) in [7, 11) is 0. The van der Waals surface area contributed by atoms with Crippen molar-refractivity contribution < 1.29 is 4.42 Å². The summed E-state index contributed by atoms with van der Waals surface area (Å²) in [4.78, 5) is 0. The Morgan fingerprint density at radius 3 is 3.08 bits per heavy atom. The van der Waals surface area contributed by atoms with Gasteiger partial charge in [-0.3, -0.25) is 0 Å². The lowest BCUT2D eigenvalue weighted by molar-refractivity contribution is 0.612. The molecule has 2 rings (SSSR count). The van der Waals surface area contributed by atoms with Crippen molar-refractivity contribution in [1.29, 1.82) is 0 Å². The fourth-order valence-corrected chi connectivity index (χ4v) is 2.03. The van der Waals surface area contributed by atoms with Crippen molar-refractivity contribution in [2.45, 2.75) is 5.75 Å². The van der Waals surface area contributed by atoms with E-state index in [0.29, 0.717) is 0 Å². The third-order valence-corrected chi connectivity index (χ3v) is 2.75. The van der Waals surface area contributed by atoms with E-state index in [4.69, 9.17) is 16.0 Å². The van der Waals surface area contributed by atoms with E-state index in [1.807, 2.05) is 18.2 Å². The van der Waals surface area contributed by atoms with Gasteiger partial charge in [0.15, 0.2) is 0 Å². The molecule has 0 aliphatic heterocycles. The van der Waals surface area contributed by atoms with E-state index in [1.165, 1.54) is 5.56 Å². The number of rotatable bonds is 2. The Labute approximate surface area is 86.1 Å². The highest BCUT2D eigenvalue weighted by atomic mass is 35.5. The van der Waals surface area contributed by atoms with Crippen LogP contribution in [0.25, 0.3) is 11.0 Å². The molecule has 13 heavy (non-hydrogen) atoms. The molecule has 0 amide bonds. The van der Waals surface area contributed by atoms with Gasteiger partial charge in [-0.15, -0.1) is 0 Å². The molecule has 0 radical (unpaired) electrons. The monoisotopic (exact) mass is 212 g/mol. The first-order chi connectivity index (χ1) is 6.31. The lowest BCUT2D eigenvalue weighted by Crippen LogP contribution is -1.75. The summed E-state index contributed by atoms with van der Waals surface area (Å²) in [5, 5.41) is 1.89. The molecular weight excluding hydrogens is 204 g/mol. The maximum atomic E-state index is 5.90. The van der Waals surface area contributed by atoms with Crippen molar-refractivity contribution in [1.82, 2.24) is 0 Å². The van der Waals surface area contributed by atoms with Crippen molar-refractivity contribution >= 4 is 34.3 Å². The quantitative estimate of drug-likeness (QED) is 0.748. The van der Waals surface area contributed by atoms with Crippen LogP contribution in [0.5, 0.6) is 0 Å². The first-order valence-electron chi connectivity index (χ1n) is 3.96. The van der Waals surface area contributed by atoms with Crippen LogP contribution in [-0.4, -0.2) is 6.26 Å². The number of fused-ring (bicyclic) bond motifs is 1. The molecule has 1 aromatic heterocycles. The smallest absolute Gasteiger partial charge is 0.134 e. The van der Waals surface area contributed by atoms with Gasteiger partial charge in [-0.25, -0.2) is 0 Å². The normalized spacial score (nSPS) is 10.9. The fourth-order valence-electron chi connectivity index (χ4n) is 1.32. The van der Waals surface area contributed by atoms with Crippen LogP contribution in [0.4, 0.5) is 0 Å². The highest BCUT2D eigenvalue weighted by molar-refractivity contribution is 7.97. The minimum atomic E-state index is 0.760. The summed E-state index contributed by atoms with van der Waals surface area (Å²) < 4.78 is 5.38. The zero-order chi connectivity index (χ0) is 9.26.